The topological polar surface area (TPSA) is 96.9 Å². The largest absolute Gasteiger partial charge is 0.487 e. The number of aliphatic hydroxyl groups excluding tert-OH is 1. The van der Waals surface area contributed by atoms with E-state index >= 15 is 0 Å². The predicted molar refractivity (Wildman–Crippen MR) is 128 cm³/mol. The molecule has 1 aliphatic carbocycles. The standard InChI is InChI=1S/C26H29ClN2O5/c27-17-6-4-15(5-7-17)13-28-24(31)12-19-11-21-20-10-18(29-26(32)16-2-1-3-16)8-9-22(20)34-25(21)23(14-30)33-19/h4-10,16,19,21,23,25,30H,1-3,11-14H2,(H,28,31)(H,29,32)/t19-,21+,23+,25-/m1/s1. The fraction of sp³-hybridized carbons (Fsp3) is 0.462. The fourth-order valence-electron chi connectivity index (χ4n) is 4.96. The lowest BCUT2D eigenvalue weighted by Gasteiger charge is -2.37. The molecule has 0 bridgehead atoms. The van der Waals surface area contributed by atoms with Gasteiger partial charge in [0.15, 0.2) is 0 Å². The molecular weight excluding hydrogens is 456 g/mol. The monoisotopic (exact) mass is 484 g/mol. The van der Waals surface area contributed by atoms with Crippen molar-refractivity contribution in [1.29, 1.82) is 0 Å². The summed E-state index contributed by atoms with van der Waals surface area (Å²) in [7, 11) is 0. The van der Waals surface area contributed by atoms with Gasteiger partial charge in [-0.25, -0.2) is 0 Å². The number of fused-ring (bicyclic) bond motifs is 3. The molecule has 2 amide bonds. The highest BCUT2D eigenvalue weighted by Crippen LogP contribution is 2.47. The molecule has 3 aliphatic rings. The van der Waals surface area contributed by atoms with E-state index in [0.717, 1.165) is 41.8 Å². The second kappa shape index (κ2) is 9.94. The molecule has 0 radical (unpaired) electrons. The van der Waals surface area contributed by atoms with Gasteiger partial charge in [0.2, 0.25) is 11.8 Å². The number of amides is 2. The normalized spacial score (nSPS) is 25.5. The molecule has 1 saturated carbocycles. The Bertz CT molecular complexity index is 1060. The van der Waals surface area contributed by atoms with E-state index in [2.05, 4.69) is 10.6 Å². The summed E-state index contributed by atoms with van der Waals surface area (Å²) in [6, 6.07) is 13.0. The Morgan fingerprint density at radius 3 is 2.62 bits per heavy atom. The van der Waals surface area contributed by atoms with Crippen molar-refractivity contribution < 1.29 is 24.2 Å². The zero-order chi connectivity index (χ0) is 23.7. The first-order chi connectivity index (χ1) is 16.5. The summed E-state index contributed by atoms with van der Waals surface area (Å²) >= 11 is 5.91. The predicted octanol–water partition coefficient (Wildman–Crippen LogP) is 3.78. The molecule has 8 heteroatoms. The number of carbonyl (C=O) groups excluding carboxylic acids is 2. The van der Waals surface area contributed by atoms with Gasteiger partial charge in [0.1, 0.15) is 18.0 Å². The van der Waals surface area contributed by atoms with Crippen molar-refractivity contribution in [2.75, 3.05) is 11.9 Å². The SMILES string of the molecule is O=C(C[C@H]1C[C@H]2c3cc(NC(=O)C4CCC4)ccc3O[C@H]2[C@H](CO)O1)NCc1ccc(Cl)cc1. The van der Waals surface area contributed by atoms with Crippen LogP contribution in [-0.4, -0.2) is 41.8 Å². The summed E-state index contributed by atoms with van der Waals surface area (Å²) in [6.07, 6.45) is 2.62. The smallest absolute Gasteiger partial charge is 0.227 e. The summed E-state index contributed by atoms with van der Waals surface area (Å²) < 4.78 is 12.2. The Labute approximate surface area is 203 Å². The van der Waals surface area contributed by atoms with Crippen LogP contribution in [0, 0.1) is 5.92 Å². The average molecular weight is 485 g/mol. The Morgan fingerprint density at radius 2 is 1.91 bits per heavy atom. The van der Waals surface area contributed by atoms with Crippen LogP contribution < -0.4 is 15.4 Å². The summed E-state index contributed by atoms with van der Waals surface area (Å²) in [5.74, 6) is 0.782. The molecule has 4 atom stereocenters. The molecule has 2 heterocycles. The summed E-state index contributed by atoms with van der Waals surface area (Å²) in [4.78, 5) is 25.0. The molecule has 0 unspecified atom stereocenters. The van der Waals surface area contributed by atoms with Crippen molar-refractivity contribution in [3.8, 4) is 5.75 Å². The molecule has 3 N–H and O–H groups in total. The van der Waals surface area contributed by atoms with E-state index in [1.165, 1.54) is 0 Å². The number of benzene rings is 2. The average Bonchev–Trinajstić information content (AvgIpc) is 3.15. The van der Waals surface area contributed by atoms with Crippen molar-refractivity contribution in [3.63, 3.8) is 0 Å². The molecule has 1 saturated heterocycles. The molecule has 2 aromatic carbocycles. The molecule has 2 aromatic rings. The van der Waals surface area contributed by atoms with Crippen LogP contribution in [0.4, 0.5) is 5.69 Å². The number of carbonyl (C=O) groups is 2. The molecule has 180 valence electrons. The van der Waals surface area contributed by atoms with Gasteiger partial charge in [-0.3, -0.25) is 9.59 Å². The summed E-state index contributed by atoms with van der Waals surface area (Å²) in [5, 5.41) is 16.5. The van der Waals surface area contributed by atoms with Gasteiger partial charge in [-0.1, -0.05) is 30.2 Å². The Kier molecular flexibility index (Phi) is 6.77. The maximum absolute atomic E-state index is 12.6. The van der Waals surface area contributed by atoms with Crippen LogP contribution in [-0.2, 0) is 20.9 Å². The third-order valence-electron chi connectivity index (χ3n) is 7.06. The van der Waals surface area contributed by atoms with Gasteiger partial charge in [-0.05, 0) is 55.2 Å². The zero-order valence-corrected chi connectivity index (χ0v) is 19.6. The molecule has 0 aromatic heterocycles. The van der Waals surface area contributed by atoms with Gasteiger partial charge in [0.25, 0.3) is 0 Å². The lowest BCUT2D eigenvalue weighted by Crippen LogP contribution is -2.47. The minimum absolute atomic E-state index is 0.0180. The van der Waals surface area contributed by atoms with Crippen molar-refractivity contribution >= 4 is 29.1 Å². The van der Waals surface area contributed by atoms with Gasteiger partial charge in [-0.2, -0.15) is 0 Å². The number of aliphatic hydroxyl groups is 1. The first-order valence-electron chi connectivity index (χ1n) is 11.9. The maximum atomic E-state index is 12.6. The van der Waals surface area contributed by atoms with Crippen LogP contribution in [0.25, 0.3) is 0 Å². The minimum atomic E-state index is -0.520. The molecular formula is C26H29ClN2O5. The Balaban J connectivity index is 1.23. The Morgan fingerprint density at radius 1 is 1.12 bits per heavy atom. The third kappa shape index (κ3) is 4.92. The van der Waals surface area contributed by atoms with E-state index in [0.29, 0.717) is 18.0 Å². The second-order valence-electron chi connectivity index (χ2n) is 9.38. The molecule has 0 spiro atoms. The number of rotatable bonds is 7. The minimum Gasteiger partial charge on any atom is -0.487 e. The molecule has 2 aliphatic heterocycles. The lowest BCUT2D eigenvalue weighted by molar-refractivity contribution is -0.142. The number of nitrogens with one attached hydrogen (secondary N) is 2. The first kappa shape index (κ1) is 23.1. The van der Waals surface area contributed by atoms with Gasteiger partial charge in [0, 0.05) is 34.7 Å². The molecule has 2 fully saturated rings. The van der Waals surface area contributed by atoms with E-state index < -0.39 is 6.10 Å². The number of hydrogen-bond acceptors (Lipinski definition) is 5. The van der Waals surface area contributed by atoms with Gasteiger partial charge in [0.05, 0.1) is 19.1 Å². The molecule has 5 rings (SSSR count). The summed E-state index contributed by atoms with van der Waals surface area (Å²) in [5.41, 5.74) is 2.71. The number of halogens is 1. The number of hydrogen-bond donors (Lipinski definition) is 3. The van der Waals surface area contributed by atoms with Crippen molar-refractivity contribution in [3.05, 3.63) is 58.6 Å². The Hall–Kier alpha value is -2.61. The van der Waals surface area contributed by atoms with E-state index in [-0.39, 0.29) is 48.9 Å². The number of anilines is 1. The van der Waals surface area contributed by atoms with Crippen molar-refractivity contribution in [2.45, 2.75) is 62.9 Å². The molecule has 7 nitrogen and oxygen atoms in total. The van der Waals surface area contributed by atoms with Gasteiger partial charge >= 0.3 is 0 Å². The fourth-order valence-corrected chi connectivity index (χ4v) is 5.09. The number of ether oxygens (including phenoxy) is 2. The molecule has 34 heavy (non-hydrogen) atoms. The third-order valence-corrected chi connectivity index (χ3v) is 7.31. The van der Waals surface area contributed by atoms with Crippen LogP contribution in [0.1, 0.15) is 49.1 Å². The van der Waals surface area contributed by atoms with Crippen LogP contribution in [0.2, 0.25) is 5.02 Å². The maximum Gasteiger partial charge on any atom is 0.227 e. The van der Waals surface area contributed by atoms with Crippen LogP contribution in [0.3, 0.4) is 0 Å². The van der Waals surface area contributed by atoms with E-state index in [4.69, 9.17) is 21.1 Å². The van der Waals surface area contributed by atoms with E-state index in [1.807, 2.05) is 30.3 Å². The summed E-state index contributed by atoms with van der Waals surface area (Å²) in [6.45, 7) is 0.220. The highest BCUT2D eigenvalue weighted by molar-refractivity contribution is 6.30. The van der Waals surface area contributed by atoms with Crippen molar-refractivity contribution in [1.82, 2.24) is 5.32 Å². The van der Waals surface area contributed by atoms with Crippen LogP contribution >= 0.6 is 11.6 Å². The highest BCUT2D eigenvalue weighted by Gasteiger charge is 2.46. The van der Waals surface area contributed by atoms with Crippen LogP contribution in [0.5, 0.6) is 5.75 Å². The van der Waals surface area contributed by atoms with Gasteiger partial charge < -0.3 is 25.2 Å². The highest BCUT2D eigenvalue weighted by atomic mass is 35.5. The van der Waals surface area contributed by atoms with Crippen molar-refractivity contribution in [2.24, 2.45) is 5.92 Å². The second-order valence-corrected chi connectivity index (χ2v) is 9.82. The van der Waals surface area contributed by atoms with E-state index in [1.54, 1.807) is 12.1 Å². The van der Waals surface area contributed by atoms with Gasteiger partial charge in [-0.15, -0.1) is 0 Å². The lowest BCUT2D eigenvalue weighted by atomic mass is 9.83. The zero-order valence-electron chi connectivity index (χ0n) is 18.8. The first-order valence-corrected chi connectivity index (χ1v) is 12.3. The van der Waals surface area contributed by atoms with Crippen LogP contribution in [0.15, 0.2) is 42.5 Å². The van der Waals surface area contributed by atoms with E-state index in [9.17, 15) is 14.7 Å². The quantitative estimate of drug-likeness (QED) is 0.555.